The maximum atomic E-state index is 12.4. The first-order valence-electron chi connectivity index (χ1n) is 12.8. The lowest BCUT2D eigenvalue weighted by Crippen LogP contribution is -2.47. The molecule has 0 saturated carbocycles. The third kappa shape index (κ3) is 5.49. The van der Waals surface area contributed by atoms with Crippen LogP contribution >= 0.6 is 0 Å². The fraction of sp³-hybridized carbons (Fsp3) is 0.286. The molecule has 12 nitrogen and oxygen atoms in total. The van der Waals surface area contributed by atoms with Crippen LogP contribution in [0.4, 0.5) is 17.3 Å². The number of aromatic nitrogens is 6. The van der Waals surface area contributed by atoms with Gasteiger partial charge in [-0.15, -0.1) is 10.2 Å². The topological polar surface area (TPSA) is 151 Å². The van der Waals surface area contributed by atoms with Crippen LogP contribution in [0.2, 0.25) is 0 Å². The zero-order valence-electron chi connectivity index (χ0n) is 22.6. The number of anilines is 3. The highest BCUT2D eigenvalue weighted by Crippen LogP contribution is 2.31. The normalized spacial score (nSPS) is 13.1. The number of benzene rings is 1. The molecule has 40 heavy (non-hydrogen) atoms. The molecule has 1 fully saturated rings. The molecule has 4 N–H and O–H groups in total. The summed E-state index contributed by atoms with van der Waals surface area (Å²) in [5, 5.41) is 25.6. The van der Waals surface area contributed by atoms with Crippen molar-refractivity contribution < 1.29 is 9.90 Å². The van der Waals surface area contributed by atoms with E-state index in [1.807, 2.05) is 39.1 Å². The Bertz CT molecular complexity index is 1610. The van der Waals surface area contributed by atoms with Crippen molar-refractivity contribution in [2.75, 3.05) is 48.3 Å². The molecule has 204 valence electrons. The van der Waals surface area contributed by atoms with E-state index in [-0.39, 0.29) is 18.2 Å². The van der Waals surface area contributed by atoms with Gasteiger partial charge in [0, 0.05) is 56.2 Å². The summed E-state index contributed by atoms with van der Waals surface area (Å²) in [5.74, 6) is 7.22. The number of phenols is 1. The number of piperazine rings is 1. The van der Waals surface area contributed by atoms with Crippen molar-refractivity contribution >= 4 is 23.2 Å². The minimum Gasteiger partial charge on any atom is -0.507 e. The lowest BCUT2D eigenvalue weighted by atomic mass is 10.1. The second kappa shape index (κ2) is 11.3. The second-order valence-corrected chi connectivity index (χ2v) is 9.40. The summed E-state index contributed by atoms with van der Waals surface area (Å²) < 4.78 is 1.69. The van der Waals surface area contributed by atoms with Gasteiger partial charge in [-0.25, -0.2) is 9.97 Å². The second-order valence-electron chi connectivity index (χ2n) is 9.40. The zero-order chi connectivity index (χ0) is 28.2. The molecular formula is C28H30N10O2. The smallest absolute Gasteiger partial charge is 0.272 e. The fourth-order valence-electron chi connectivity index (χ4n) is 4.49. The Hall–Kier alpha value is -5.18. The predicted molar refractivity (Wildman–Crippen MR) is 152 cm³/mol. The maximum absolute atomic E-state index is 12.4. The van der Waals surface area contributed by atoms with Crippen LogP contribution in [0.3, 0.4) is 0 Å². The lowest BCUT2D eigenvalue weighted by molar-refractivity contribution is 0.0952. The number of carbonyl (C=O) groups is 1. The minimum atomic E-state index is -0.263. The van der Waals surface area contributed by atoms with E-state index in [0.29, 0.717) is 54.8 Å². The Morgan fingerprint density at radius 2 is 1.85 bits per heavy atom. The Labute approximate surface area is 231 Å². The molecule has 0 atom stereocenters. The molecule has 4 aromatic rings. The van der Waals surface area contributed by atoms with Crippen molar-refractivity contribution in [1.82, 2.24) is 35.3 Å². The number of amides is 1. The number of para-hydroxylation sites is 1. The number of nitrogens with two attached hydrogens (primary N) is 1. The highest BCUT2D eigenvalue weighted by molar-refractivity contribution is 5.94. The van der Waals surface area contributed by atoms with E-state index < -0.39 is 0 Å². The Morgan fingerprint density at radius 3 is 2.58 bits per heavy atom. The maximum Gasteiger partial charge on any atom is 0.272 e. The number of nitrogen functional groups attached to an aromatic ring is 1. The number of rotatable bonds is 5. The van der Waals surface area contributed by atoms with Crippen LogP contribution in [-0.2, 0) is 7.05 Å². The van der Waals surface area contributed by atoms with Crippen LogP contribution < -0.4 is 20.9 Å². The molecule has 0 aliphatic carbocycles. The number of aromatic hydroxyl groups is 1. The summed E-state index contributed by atoms with van der Waals surface area (Å²) in [6, 6.07) is 10.7. The molecule has 12 heteroatoms. The first-order valence-corrected chi connectivity index (χ1v) is 12.8. The van der Waals surface area contributed by atoms with E-state index >= 15 is 0 Å². The van der Waals surface area contributed by atoms with E-state index in [4.69, 9.17) is 5.73 Å². The van der Waals surface area contributed by atoms with Gasteiger partial charge in [0.15, 0.2) is 11.5 Å². The molecule has 1 aromatic carbocycles. The quantitative estimate of drug-likeness (QED) is 0.320. The van der Waals surface area contributed by atoms with Crippen molar-refractivity contribution in [1.29, 1.82) is 0 Å². The standard InChI is InChI=1S/C28H30N10O2/c1-18-19(2)36(3)35-26(18)28(40)31-11-6-9-24-30-12-10-25(32-24)38-15-13-37(14-16-38)22-17-21(33-34-27(22)29)20-7-4-5-8-23(20)39/h4-5,7-8,10,12,17,39H,11,13-16H2,1-3H3,(H2,29,34)(H,31,40). The van der Waals surface area contributed by atoms with Crippen molar-refractivity contribution in [2.24, 2.45) is 7.05 Å². The third-order valence-corrected chi connectivity index (χ3v) is 6.95. The van der Waals surface area contributed by atoms with E-state index in [9.17, 15) is 9.90 Å². The van der Waals surface area contributed by atoms with Crippen LogP contribution in [0.1, 0.15) is 27.6 Å². The highest BCUT2D eigenvalue weighted by Gasteiger charge is 2.22. The van der Waals surface area contributed by atoms with Gasteiger partial charge < -0.3 is 26.0 Å². The molecule has 5 rings (SSSR count). The molecule has 3 aromatic heterocycles. The number of hydrogen-bond acceptors (Lipinski definition) is 10. The Morgan fingerprint density at radius 1 is 1.10 bits per heavy atom. The largest absolute Gasteiger partial charge is 0.507 e. The number of phenolic OH excluding ortho intramolecular Hbond substituents is 1. The fourth-order valence-corrected chi connectivity index (χ4v) is 4.49. The molecule has 0 unspecified atom stereocenters. The molecule has 0 radical (unpaired) electrons. The molecular weight excluding hydrogens is 508 g/mol. The zero-order valence-corrected chi connectivity index (χ0v) is 22.6. The number of carbonyl (C=O) groups excluding carboxylic acids is 1. The summed E-state index contributed by atoms with van der Waals surface area (Å²) in [4.78, 5) is 25.6. The van der Waals surface area contributed by atoms with Crippen LogP contribution in [0.25, 0.3) is 11.3 Å². The molecule has 0 spiro atoms. The monoisotopic (exact) mass is 538 g/mol. The molecule has 0 bridgehead atoms. The average Bonchev–Trinajstić information content (AvgIpc) is 3.23. The van der Waals surface area contributed by atoms with Gasteiger partial charge in [-0.1, -0.05) is 18.1 Å². The molecule has 1 saturated heterocycles. The molecule has 4 heterocycles. The average molecular weight is 539 g/mol. The van der Waals surface area contributed by atoms with E-state index in [0.717, 1.165) is 22.8 Å². The van der Waals surface area contributed by atoms with Gasteiger partial charge in [-0.3, -0.25) is 9.48 Å². The van der Waals surface area contributed by atoms with Crippen LogP contribution in [-0.4, -0.2) is 73.7 Å². The summed E-state index contributed by atoms with van der Waals surface area (Å²) >= 11 is 0. The van der Waals surface area contributed by atoms with Crippen molar-refractivity contribution in [2.45, 2.75) is 13.8 Å². The summed E-state index contributed by atoms with van der Waals surface area (Å²) in [6.45, 7) is 6.75. The lowest BCUT2D eigenvalue weighted by Gasteiger charge is -2.36. The third-order valence-electron chi connectivity index (χ3n) is 6.95. The van der Waals surface area contributed by atoms with E-state index in [2.05, 4.69) is 52.2 Å². The van der Waals surface area contributed by atoms with E-state index in [1.54, 1.807) is 29.1 Å². The first kappa shape index (κ1) is 26.4. The molecule has 1 aliphatic rings. The minimum absolute atomic E-state index is 0.140. The van der Waals surface area contributed by atoms with Crippen LogP contribution in [0, 0.1) is 25.7 Å². The summed E-state index contributed by atoms with van der Waals surface area (Å²) in [7, 11) is 1.81. The van der Waals surface area contributed by atoms with Gasteiger partial charge in [-0.05, 0) is 44.0 Å². The van der Waals surface area contributed by atoms with Crippen LogP contribution in [0.15, 0.2) is 42.6 Å². The summed E-state index contributed by atoms with van der Waals surface area (Å²) in [6.07, 6.45) is 1.68. The van der Waals surface area contributed by atoms with Crippen molar-refractivity contribution in [3.8, 4) is 28.8 Å². The SMILES string of the molecule is Cc1c(C(=O)NCC#Cc2nccc(N3CCN(c4cc(-c5ccccc5O)nnc4N)CC3)n2)nn(C)c1C. The number of aryl methyl sites for hydroxylation is 1. The first-order chi connectivity index (χ1) is 19.3. The number of nitrogens with one attached hydrogen (secondary N) is 1. The van der Waals surface area contributed by atoms with Gasteiger partial charge in [0.25, 0.3) is 5.91 Å². The highest BCUT2D eigenvalue weighted by atomic mass is 16.3. The summed E-state index contributed by atoms with van der Waals surface area (Å²) in [5.41, 5.74) is 10.3. The van der Waals surface area contributed by atoms with E-state index in [1.165, 1.54) is 0 Å². The van der Waals surface area contributed by atoms with Gasteiger partial charge in [0.2, 0.25) is 5.82 Å². The number of hydrogen-bond donors (Lipinski definition) is 3. The van der Waals surface area contributed by atoms with Gasteiger partial charge >= 0.3 is 0 Å². The predicted octanol–water partition coefficient (Wildman–Crippen LogP) is 1.68. The van der Waals surface area contributed by atoms with Gasteiger partial charge in [0.05, 0.1) is 17.9 Å². The van der Waals surface area contributed by atoms with Crippen molar-refractivity contribution in [3.05, 3.63) is 65.4 Å². The Balaban J connectivity index is 1.20. The molecule has 1 amide bonds. The van der Waals surface area contributed by atoms with Crippen molar-refractivity contribution in [3.63, 3.8) is 0 Å². The number of nitrogens with zero attached hydrogens (tertiary/aromatic N) is 8. The molecule has 1 aliphatic heterocycles. The van der Waals surface area contributed by atoms with Gasteiger partial charge in [-0.2, -0.15) is 5.10 Å². The van der Waals surface area contributed by atoms with Gasteiger partial charge in [0.1, 0.15) is 11.6 Å². The Kier molecular flexibility index (Phi) is 7.46. The van der Waals surface area contributed by atoms with Crippen LogP contribution in [0.5, 0.6) is 5.75 Å².